The van der Waals surface area contributed by atoms with Crippen LogP contribution in [0.2, 0.25) is 0 Å². The largest absolute Gasteiger partial charge is 0.393 e. The van der Waals surface area contributed by atoms with Crippen LogP contribution < -0.4 is 0 Å². The van der Waals surface area contributed by atoms with Gasteiger partial charge in [0.1, 0.15) is 0 Å². The van der Waals surface area contributed by atoms with Crippen molar-refractivity contribution in [1.29, 1.82) is 0 Å². The third-order valence-electron chi connectivity index (χ3n) is 4.82. The Labute approximate surface area is 106 Å². The summed E-state index contributed by atoms with van der Waals surface area (Å²) in [5.74, 6) is 0. The van der Waals surface area contributed by atoms with Crippen LogP contribution >= 0.6 is 0 Å². The molecule has 17 heavy (non-hydrogen) atoms. The lowest BCUT2D eigenvalue weighted by Crippen LogP contribution is -2.60. The molecule has 2 aliphatic rings. The molecule has 1 saturated heterocycles. The second kappa shape index (κ2) is 5.71. The minimum Gasteiger partial charge on any atom is -0.393 e. The van der Waals surface area contributed by atoms with Gasteiger partial charge in [-0.3, -0.25) is 4.90 Å². The molecular formula is C15H29NO. The van der Waals surface area contributed by atoms with E-state index in [2.05, 4.69) is 18.7 Å². The smallest absolute Gasteiger partial charge is 0.0541 e. The van der Waals surface area contributed by atoms with Crippen LogP contribution in [0.15, 0.2) is 0 Å². The van der Waals surface area contributed by atoms with Crippen molar-refractivity contribution in [3.8, 4) is 0 Å². The van der Waals surface area contributed by atoms with Crippen molar-refractivity contribution in [3.05, 3.63) is 0 Å². The molecule has 0 aromatic carbocycles. The summed E-state index contributed by atoms with van der Waals surface area (Å²) in [7, 11) is 0. The molecule has 0 unspecified atom stereocenters. The highest BCUT2D eigenvalue weighted by Gasteiger charge is 2.44. The van der Waals surface area contributed by atoms with E-state index in [0.29, 0.717) is 5.41 Å². The quantitative estimate of drug-likeness (QED) is 0.796. The lowest BCUT2D eigenvalue weighted by Gasteiger charge is -2.55. The molecule has 0 spiro atoms. The monoisotopic (exact) mass is 239 g/mol. The Morgan fingerprint density at radius 3 is 2.00 bits per heavy atom. The van der Waals surface area contributed by atoms with E-state index in [-0.39, 0.29) is 6.10 Å². The van der Waals surface area contributed by atoms with Crippen LogP contribution in [0, 0.1) is 5.41 Å². The van der Waals surface area contributed by atoms with Crippen LogP contribution in [-0.2, 0) is 0 Å². The maximum Gasteiger partial charge on any atom is 0.0541 e. The highest BCUT2D eigenvalue weighted by molar-refractivity contribution is 4.97. The van der Waals surface area contributed by atoms with Crippen molar-refractivity contribution < 1.29 is 5.11 Å². The van der Waals surface area contributed by atoms with Crippen molar-refractivity contribution >= 4 is 0 Å². The number of rotatable bonds is 5. The van der Waals surface area contributed by atoms with Crippen LogP contribution in [-0.4, -0.2) is 35.2 Å². The van der Waals surface area contributed by atoms with E-state index in [0.717, 1.165) is 18.9 Å². The summed E-state index contributed by atoms with van der Waals surface area (Å²) in [6.45, 7) is 7.29. The predicted octanol–water partition coefficient (Wildman–Crippen LogP) is 3.19. The fourth-order valence-corrected chi connectivity index (χ4v) is 4.00. The van der Waals surface area contributed by atoms with Gasteiger partial charge in [0.15, 0.2) is 0 Å². The molecule has 2 nitrogen and oxygen atoms in total. The van der Waals surface area contributed by atoms with Crippen LogP contribution in [0.1, 0.15) is 65.2 Å². The first kappa shape index (κ1) is 13.4. The summed E-state index contributed by atoms with van der Waals surface area (Å²) in [6, 6.07) is 0.778. The SMILES string of the molecule is CCCC1(CCC)CN(C2CCC(O)CC2)C1. The average Bonchev–Trinajstić information content (AvgIpc) is 2.27. The molecule has 0 radical (unpaired) electrons. The first-order valence-electron chi connectivity index (χ1n) is 7.61. The molecule has 0 aromatic heterocycles. The molecule has 0 aromatic rings. The van der Waals surface area contributed by atoms with Crippen LogP contribution in [0.4, 0.5) is 0 Å². The van der Waals surface area contributed by atoms with E-state index >= 15 is 0 Å². The summed E-state index contributed by atoms with van der Waals surface area (Å²) in [5.41, 5.74) is 0.652. The highest BCUT2D eigenvalue weighted by atomic mass is 16.3. The summed E-state index contributed by atoms with van der Waals surface area (Å²) < 4.78 is 0. The van der Waals surface area contributed by atoms with Crippen molar-refractivity contribution in [1.82, 2.24) is 4.90 Å². The van der Waals surface area contributed by atoms with Crippen molar-refractivity contribution in [2.75, 3.05) is 13.1 Å². The standard InChI is InChI=1S/C15H29NO/c1-3-9-15(10-4-2)11-16(12-15)13-5-7-14(17)8-6-13/h13-14,17H,3-12H2,1-2H3. The molecule has 1 N–H and O–H groups in total. The van der Waals surface area contributed by atoms with Crippen LogP contribution in [0.5, 0.6) is 0 Å². The van der Waals surface area contributed by atoms with Gasteiger partial charge < -0.3 is 5.11 Å². The van der Waals surface area contributed by atoms with E-state index in [9.17, 15) is 5.11 Å². The number of hydrogen-bond donors (Lipinski definition) is 1. The second-order valence-corrected chi connectivity index (χ2v) is 6.37. The Kier molecular flexibility index (Phi) is 4.48. The van der Waals surface area contributed by atoms with E-state index in [4.69, 9.17) is 0 Å². The van der Waals surface area contributed by atoms with Gasteiger partial charge in [0.2, 0.25) is 0 Å². The lowest BCUT2D eigenvalue weighted by molar-refractivity contribution is -0.0611. The highest BCUT2D eigenvalue weighted by Crippen LogP contribution is 2.42. The zero-order valence-electron chi connectivity index (χ0n) is 11.6. The zero-order valence-corrected chi connectivity index (χ0v) is 11.6. The van der Waals surface area contributed by atoms with Gasteiger partial charge in [0.05, 0.1) is 6.10 Å². The van der Waals surface area contributed by atoms with Gasteiger partial charge in [0.25, 0.3) is 0 Å². The molecule has 1 aliphatic carbocycles. The number of hydrogen-bond acceptors (Lipinski definition) is 2. The first-order valence-corrected chi connectivity index (χ1v) is 7.61. The number of nitrogens with zero attached hydrogens (tertiary/aromatic N) is 1. The maximum absolute atomic E-state index is 9.55. The van der Waals surface area contributed by atoms with E-state index in [1.807, 2.05) is 0 Å². The number of likely N-dealkylation sites (tertiary alicyclic amines) is 1. The average molecular weight is 239 g/mol. The Hall–Kier alpha value is -0.0800. The minimum atomic E-state index is -0.0106. The van der Waals surface area contributed by atoms with Crippen molar-refractivity contribution in [3.63, 3.8) is 0 Å². The van der Waals surface area contributed by atoms with E-state index in [1.54, 1.807) is 0 Å². The van der Waals surface area contributed by atoms with Gasteiger partial charge in [-0.2, -0.15) is 0 Å². The van der Waals surface area contributed by atoms with Gasteiger partial charge in [-0.1, -0.05) is 26.7 Å². The molecular weight excluding hydrogens is 210 g/mol. The summed E-state index contributed by atoms with van der Waals surface area (Å²) in [6.07, 6.45) is 9.95. The Morgan fingerprint density at radius 2 is 1.53 bits per heavy atom. The van der Waals surface area contributed by atoms with Gasteiger partial charge in [-0.05, 0) is 43.9 Å². The Balaban J connectivity index is 1.79. The fraction of sp³-hybridized carbons (Fsp3) is 1.00. The van der Waals surface area contributed by atoms with Gasteiger partial charge in [0, 0.05) is 19.1 Å². The summed E-state index contributed by atoms with van der Waals surface area (Å²) in [5, 5.41) is 9.55. The molecule has 2 heteroatoms. The second-order valence-electron chi connectivity index (χ2n) is 6.37. The lowest BCUT2D eigenvalue weighted by atomic mass is 9.71. The van der Waals surface area contributed by atoms with Crippen molar-refractivity contribution in [2.45, 2.75) is 77.4 Å². The Bertz CT molecular complexity index is 219. The summed E-state index contributed by atoms with van der Waals surface area (Å²) in [4.78, 5) is 2.69. The molecule has 1 aliphatic heterocycles. The van der Waals surface area contributed by atoms with Crippen LogP contribution in [0.25, 0.3) is 0 Å². The zero-order chi connectivity index (χ0) is 12.3. The van der Waals surface area contributed by atoms with E-state index < -0.39 is 0 Å². The molecule has 100 valence electrons. The predicted molar refractivity (Wildman–Crippen MR) is 72.1 cm³/mol. The summed E-state index contributed by atoms with van der Waals surface area (Å²) >= 11 is 0. The normalized spacial score (nSPS) is 33.4. The van der Waals surface area contributed by atoms with Gasteiger partial charge >= 0.3 is 0 Å². The maximum atomic E-state index is 9.55. The first-order chi connectivity index (χ1) is 8.19. The van der Waals surface area contributed by atoms with Crippen LogP contribution in [0.3, 0.4) is 0 Å². The fourth-order valence-electron chi connectivity index (χ4n) is 4.00. The molecule has 0 atom stereocenters. The van der Waals surface area contributed by atoms with Gasteiger partial charge in [-0.15, -0.1) is 0 Å². The third kappa shape index (κ3) is 3.03. The minimum absolute atomic E-state index is 0.0106. The molecule has 2 rings (SSSR count). The number of aliphatic hydroxyl groups is 1. The molecule has 1 saturated carbocycles. The van der Waals surface area contributed by atoms with E-state index in [1.165, 1.54) is 51.6 Å². The van der Waals surface area contributed by atoms with Crippen molar-refractivity contribution in [2.24, 2.45) is 5.41 Å². The molecule has 1 heterocycles. The molecule has 0 amide bonds. The topological polar surface area (TPSA) is 23.5 Å². The Morgan fingerprint density at radius 1 is 1.00 bits per heavy atom. The number of aliphatic hydroxyl groups excluding tert-OH is 1. The molecule has 0 bridgehead atoms. The third-order valence-corrected chi connectivity index (χ3v) is 4.82. The van der Waals surface area contributed by atoms with Gasteiger partial charge in [-0.25, -0.2) is 0 Å². The molecule has 2 fully saturated rings.